The molecule has 0 bridgehead atoms. The number of hydrogen-bond acceptors (Lipinski definition) is 6. The summed E-state index contributed by atoms with van der Waals surface area (Å²) in [5.74, 6) is -1.35. The zero-order valence-electron chi connectivity index (χ0n) is 18.9. The highest BCUT2D eigenvalue weighted by Crippen LogP contribution is 2.23. The van der Waals surface area contributed by atoms with Crippen LogP contribution in [0.3, 0.4) is 0 Å². The first-order valence-corrected chi connectivity index (χ1v) is 10.9. The largest absolute Gasteiger partial charge is 0.353 e. The molecule has 2 amide bonds. The fourth-order valence-electron chi connectivity index (χ4n) is 3.72. The maximum Gasteiger partial charge on any atom is 0.250 e. The Hall–Kier alpha value is -3.32. The molecule has 3 N–H and O–H groups in total. The lowest BCUT2D eigenvalue weighted by Gasteiger charge is -2.28. The predicted molar refractivity (Wildman–Crippen MR) is 122 cm³/mol. The van der Waals surface area contributed by atoms with E-state index in [0.29, 0.717) is 26.2 Å². The van der Waals surface area contributed by atoms with Crippen molar-refractivity contribution >= 4 is 11.8 Å². The minimum absolute atomic E-state index is 0.0269. The van der Waals surface area contributed by atoms with Crippen LogP contribution in [-0.2, 0) is 22.7 Å². The first kappa shape index (κ1) is 24.3. The summed E-state index contributed by atoms with van der Waals surface area (Å²) in [5, 5.41) is 21.4. The minimum Gasteiger partial charge on any atom is -0.353 e. The Morgan fingerprint density at radius 3 is 2.52 bits per heavy atom. The number of rotatable bonds is 10. The van der Waals surface area contributed by atoms with Gasteiger partial charge in [-0.15, -0.1) is 0 Å². The summed E-state index contributed by atoms with van der Waals surface area (Å²) in [6.07, 6.45) is 0. The monoisotopic (exact) mass is 452 g/mol. The van der Waals surface area contributed by atoms with Crippen molar-refractivity contribution in [1.82, 2.24) is 26.0 Å². The zero-order chi connectivity index (χ0) is 23.8. The molecule has 0 spiro atoms. The van der Waals surface area contributed by atoms with Gasteiger partial charge in [0.05, 0.1) is 18.2 Å². The minimum atomic E-state index is -1.12. The van der Waals surface area contributed by atoms with Gasteiger partial charge in [0.1, 0.15) is 11.9 Å². The third-order valence-corrected chi connectivity index (χ3v) is 5.62. The van der Waals surface area contributed by atoms with E-state index in [0.717, 1.165) is 12.6 Å². The Balaban J connectivity index is 1.68. The van der Waals surface area contributed by atoms with Gasteiger partial charge in [-0.3, -0.25) is 19.9 Å². The van der Waals surface area contributed by atoms with Gasteiger partial charge >= 0.3 is 0 Å². The number of hydrazine groups is 1. The van der Waals surface area contributed by atoms with Gasteiger partial charge in [0, 0.05) is 38.8 Å². The van der Waals surface area contributed by atoms with Crippen molar-refractivity contribution in [2.24, 2.45) is 0 Å². The van der Waals surface area contributed by atoms with Crippen LogP contribution in [0, 0.1) is 17.1 Å². The molecule has 1 unspecified atom stereocenters. The fraction of sp³-hybridized carbons (Fsp3) is 0.375. The van der Waals surface area contributed by atoms with Crippen molar-refractivity contribution in [2.45, 2.75) is 26.1 Å². The van der Waals surface area contributed by atoms with Crippen molar-refractivity contribution in [3.8, 4) is 6.07 Å². The van der Waals surface area contributed by atoms with Crippen LogP contribution in [0.2, 0.25) is 0 Å². The molecule has 0 aliphatic carbocycles. The third-order valence-electron chi connectivity index (χ3n) is 5.62. The van der Waals surface area contributed by atoms with Crippen molar-refractivity contribution in [3.63, 3.8) is 0 Å². The highest BCUT2D eigenvalue weighted by atomic mass is 19.1. The average molecular weight is 453 g/mol. The molecule has 0 fully saturated rings. The Morgan fingerprint density at radius 1 is 1.18 bits per heavy atom. The molecule has 1 aliphatic rings. The molecule has 0 radical (unpaired) electrons. The van der Waals surface area contributed by atoms with E-state index in [4.69, 9.17) is 0 Å². The Bertz CT molecular complexity index is 1010. The van der Waals surface area contributed by atoms with Gasteiger partial charge in [-0.25, -0.2) is 9.40 Å². The second-order valence-corrected chi connectivity index (χ2v) is 7.82. The lowest BCUT2D eigenvalue weighted by atomic mass is 10.0. The average Bonchev–Trinajstić information content (AvgIpc) is 3.26. The third kappa shape index (κ3) is 6.14. The number of halogens is 1. The summed E-state index contributed by atoms with van der Waals surface area (Å²) in [6, 6.07) is 12.7. The smallest absolute Gasteiger partial charge is 0.250 e. The molecule has 9 heteroatoms. The Kier molecular flexibility index (Phi) is 8.49. The molecular formula is C24H29FN6O2. The maximum atomic E-state index is 14.6. The van der Waals surface area contributed by atoms with Crippen LogP contribution in [-0.4, -0.2) is 55.1 Å². The van der Waals surface area contributed by atoms with Crippen molar-refractivity contribution in [1.29, 1.82) is 5.26 Å². The molecule has 1 atom stereocenters. The summed E-state index contributed by atoms with van der Waals surface area (Å²) in [4.78, 5) is 25.7. The lowest BCUT2D eigenvalue weighted by molar-refractivity contribution is -0.145. The van der Waals surface area contributed by atoms with Gasteiger partial charge in [0.25, 0.3) is 5.91 Å². The van der Waals surface area contributed by atoms with Crippen molar-refractivity contribution < 1.29 is 14.0 Å². The number of fused-ring (bicyclic) bond motifs is 1. The Labute approximate surface area is 193 Å². The van der Waals surface area contributed by atoms with E-state index in [1.54, 1.807) is 7.05 Å². The van der Waals surface area contributed by atoms with Crippen LogP contribution in [0.1, 0.15) is 35.2 Å². The molecule has 0 saturated heterocycles. The highest BCUT2D eigenvalue weighted by Gasteiger charge is 2.28. The zero-order valence-corrected chi connectivity index (χ0v) is 18.9. The number of hydrogen-bond donors (Lipinski definition) is 3. The van der Waals surface area contributed by atoms with Crippen LogP contribution >= 0.6 is 0 Å². The van der Waals surface area contributed by atoms with Crippen LogP contribution in [0.15, 0.2) is 42.5 Å². The molecule has 8 nitrogen and oxygen atoms in total. The van der Waals surface area contributed by atoms with E-state index in [9.17, 15) is 19.2 Å². The molecule has 2 aromatic carbocycles. The number of nitriles is 1. The SMILES string of the molecule is CCNCCNC(=O)C(NCC(=O)N(C)N1Cc2ccccc2C1)c1cc(C#N)ccc1F. The first-order valence-electron chi connectivity index (χ1n) is 10.9. The molecule has 1 heterocycles. The van der Waals surface area contributed by atoms with Crippen LogP contribution in [0.5, 0.6) is 0 Å². The number of carbonyl (C=O) groups excluding carboxylic acids is 2. The van der Waals surface area contributed by atoms with Crippen LogP contribution < -0.4 is 16.0 Å². The normalized spacial score (nSPS) is 13.8. The molecule has 3 rings (SSSR count). The van der Waals surface area contributed by atoms with E-state index in [1.165, 1.54) is 28.3 Å². The Morgan fingerprint density at radius 2 is 1.88 bits per heavy atom. The molecule has 2 aromatic rings. The summed E-state index contributed by atoms with van der Waals surface area (Å²) >= 11 is 0. The molecular weight excluding hydrogens is 423 g/mol. The predicted octanol–water partition coefficient (Wildman–Crippen LogP) is 1.44. The first-order chi connectivity index (χ1) is 15.9. The summed E-state index contributed by atoms with van der Waals surface area (Å²) in [5.41, 5.74) is 2.59. The standard InChI is InChI=1S/C24H29FN6O2/c1-3-27-10-11-28-24(33)23(20-12-17(13-26)8-9-21(20)25)29-14-22(32)30(2)31-15-18-6-4-5-7-19(18)16-31/h4-9,12,23,27,29H,3,10-11,14-16H2,1-2H3,(H,28,33). The second-order valence-electron chi connectivity index (χ2n) is 7.82. The van der Waals surface area contributed by atoms with Gasteiger partial charge < -0.3 is 10.6 Å². The molecule has 1 aliphatic heterocycles. The van der Waals surface area contributed by atoms with Gasteiger partial charge in [0.15, 0.2) is 0 Å². The molecule has 0 aromatic heterocycles. The summed E-state index contributed by atoms with van der Waals surface area (Å²) in [7, 11) is 1.68. The second kappa shape index (κ2) is 11.5. The lowest BCUT2D eigenvalue weighted by Crippen LogP contribution is -2.47. The van der Waals surface area contributed by atoms with Gasteiger partial charge in [-0.05, 0) is 35.9 Å². The number of nitrogens with zero attached hydrogens (tertiary/aromatic N) is 3. The van der Waals surface area contributed by atoms with E-state index in [2.05, 4.69) is 16.0 Å². The number of nitrogens with one attached hydrogen (secondary N) is 3. The van der Waals surface area contributed by atoms with E-state index >= 15 is 0 Å². The van der Waals surface area contributed by atoms with Crippen molar-refractivity contribution in [2.75, 3.05) is 33.2 Å². The quantitative estimate of drug-likeness (QED) is 0.472. The van der Waals surface area contributed by atoms with Crippen LogP contribution in [0.25, 0.3) is 0 Å². The highest BCUT2D eigenvalue weighted by molar-refractivity contribution is 5.85. The van der Waals surface area contributed by atoms with E-state index < -0.39 is 17.8 Å². The van der Waals surface area contributed by atoms with Gasteiger partial charge in [-0.1, -0.05) is 31.2 Å². The van der Waals surface area contributed by atoms with E-state index in [1.807, 2.05) is 42.3 Å². The van der Waals surface area contributed by atoms with Gasteiger partial charge in [0.2, 0.25) is 5.91 Å². The summed E-state index contributed by atoms with van der Waals surface area (Å²) in [6.45, 7) is 4.69. The summed E-state index contributed by atoms with van der Waals surface area (Å²) < 4.78 is 14.6. The fourth-order valence-corrected chi connectivity index (χ4v) is 3.72. The topological polar surface area (TPSA) is 100 Å². The van der Waals surface area contributed by atoms with E-state index in [-0.39, 0.29) is 23.6 Å². The maximum absolute atomic E-state index is 14.6. The molecule has 174 valence electrons. The molecule has 0 saturated carbocycles. The number of likely N-dealkylation sites (N-methyl/N-ethyl adjacent to an activating group) is 2. The van der Waals surface area contributed by atoms with Crippen LogP contribution in [0.4, 0.5) is 4.39 Å². The van der Waals surface area contributed by atoms with Gasteiger partial charge in [-0.2, -0.15) is 5.26 Å². The number of amides is 2. The number of benzene rings is 2. The number of carbonyl (C=O) groups is 2. The van der Waals surface area contributed by atoms with Crippen molar-refractivity contribution in [3.05, 3.63) is 70.5 Å². The molecule has 33 heavy (non-hydrogen) atoms.